The van der Waals surface area contributed by atoms with E-state index in [9.17, 15) is 4.79 Å². The van der Waals surface area contributed by atoms with E-state index in [1.165, 1.54) is 0 Å². The third-order valence-electron chi connectivity index (χ3n) is 2.95. The van der Waals surface area contributed by atoms with Crippen LogP contribution in [0.15, 0.2) is 24.3 Å². The van der Waals surface area contributed by atoms with Crippen LogP contribution >= 0.6 is 0 Å². The molecule has 0 fully saturated rings. The minimum atomic E-state index is 0.131. The summed E-state index contributed by atoms with van der Waals surface area (Å²) in [6.45, 7) is 4.31. The molecule has 0 spiro atoms. The predicted molar refractivity (Wildman–Crippen MR) is 44.0 cm³/mol. The Morgan fingerprint density at radius 3 is 2.64 bits per heavy atom. The summed E-state index contributed by atoms with van der Waals surface area (Å²) >= 11 is 0. The van der Waals surface area contributed by atoms with Gasteiger partial charge in [-0.05, 0) is 11.5 Å². The van der Waals surface area contributed by atoms with Gasteiger partial charge in [0.1, 0.15) is 0 Å². The maximum atomic E-state index is 11.3. The minimum absolute atomic E-state index is 0.131. The Hall–Kier alpha value is -0.850. The number of hydrogen-bond acceptors (Lipinski definition) is 1. The second-order valence-corrected chi connectivity index (χ2v) is 3.97. The zero-order chi connectivity index (χ0) is 8.06. The third-order valence-corrected chi connectivity index (χ3v) is 2.95. The molecule has 58 valence electrons. The van der Waals surface area contributed by atoms with Gasteiger partial charge in [0.15, 0.2) is 5.78 Å². The molecule has 2 unspecified atom stereocenters. The molecule has 0 aromatic heterocycles. The third kappa shape index (κ3) is 0.740. The van der Waals surface area contributed by atoms with Crippen LogP contribution in [0.25, 0.3) is 0 Å². The van der Waals surface area contributed by atoms with Crippen molar-refractivity contribution in [3.63, 3.8) is 0 Å². The van der Waals surface area contributed by atoms with Gasteiger partial charge in [-0.2, -0.15) is 0 Å². The van der Waals surface area contributed by atoms with Crippen LogP contribution in [0, 0.1) is 17.3 Å². The second-order valence-electron chi connectivity index (χ2n) is 3.97. The molecule has 0 saturated heterocycles. The first-order chi connectivity index (χ1) is 5.12. The largest absolute Gasteiger partial charge is 0.294 e. The Bertz CT molecular complexity index is 258. The Morgan fingerprint density at radius 1 is 1.27 bits per heavy atom. The van der Waals surface area contributed by atoms with Crippen LogP contribution in [0.1, 0.15) is 13.8 Å². The molecule has 2 rings (SSSR count). The normalized spacial score (nSPS) is 38.2. The van der Waals surface area contributed by atoms with Crippen LogP contribution in [0.2, 0.25) is 0 Å². The highest BCUT2D eigenvalue weighted by molar-refractivity contribution is 5.95. The molecule has 2 aliphatic rings. The first kappa shape index (κ1) is 6.84. The zero-order valence-corrected chi connectivity index (χ0v) is 6.87. The molecule has 0 amide bonds. The van der Waals surface area contributed by atoms with E-state index in [0.717, 1.165) is 0 Å². The summed E-state index contributed by atoms with van der Waals surface area (Å²) < 4.78 is 0. The number of hydrogen-bond donors (Lipinski definition) is 0. The van der Waals surface area contributed by atoms with Crippen molar-refractivity contribution in [2.45, 2.75) is 13.8 Å². The lowest BCUT2D eigenvalue weighted by molar-refractivity contribution is -0.120. The quantitative estimate of drug-likeness (QED) is 0.480. The Morgan fingerprint density at radius 2 is 2.00 bits per heavy atom. The van der Waals surface area contributed by atoms with Gasteiger partial charge in [0.2, 0.25) is 0 Å². The van der Waals surface area contributed by atoms with E-state index in [4.69, 9.17) is 0 Å². The van der Waals surface area contributed by atoms with Crippen molar-refractivity contribution in [1.82, 2.24) is 0 Å². The summed E-state index contributed by atoms with van der Waals surface area (Å²) in [5.41, 5.74) is 0.131. The van der Waals surface area contributed by atoms with E-state index in [0.29, 0.717) is 5.92 Å². The Balaban J connectivity index is 2.49. The van der Waals surface area contributed by atoms with Crippen LogP contribution in [-0.2, 0) is 4.79 Å². The van der Waals surface area contributed by atoms with Crippen molar-refractivity contribution in [3.8, 4) is 0 Å². The summed E-state index contributed by atoms with van der Waals surface area (Å²) in [5, 5.41) is 0. The molecule has 0 heterocycles. The maximum absolute atomic E-state index is 11.3. The number of carbonyl (C=O) groups is 1. The fraction of sp³-hybridized carbons (Fsp3) is 0.500. The number of rotatable bonds is 0. The van der Waals surface area contributed by atoms with Crippen LogP contribution in [-0.4, -0.2) is 5.78 Å². The lowest BCUT2D eigenvalue weighted by Crippen LogP contribution is -2.32. The molecular formula is C10H12O. The van der Waals surface area contributed by atoms with Gasteiger partial charge in [0.25, 0.3) is 0 Å². The summed E-state index contributed by atoms with van der Waals surface area (Å²) in [7, 11) is 0. The van der Waals surface area contributed by atoms with Crippen LogP contribution in [0.5, 0.6) is 0 Å². The van der Waals surface area contributed by atoms with E-state index >= 15 is 0 Å². The molecule has 1 nitrogen and oxygen atoms in total. The van der Waals surface area contributed by atoms with E-state index < -0.39 is 0 Å². The Labute approximate surface area is 66.8 Å². The number of carbonyl (C=O) groups excluding carboxylic acids is 1. The van der Waals surface area contributed by atoms with Crippen LogP contribution in [0.4, 0.5) is 0 Å². The van der Waals surface area contributed by atoms with Crippen molar-refractivity contribution in [2.75, 3.05) is 0 Å². The van der Waals surface area contributed by atoms with Crippen LogP contribution in [0.3, 0.4) is 0 Å². The smallest absolute Gasteiger partial charge is 0.162 e. The molecular weight excluding hydrogens is 136 g/mol. The van der Waals surface area contributed by atoms with Gasteiger partial charge >= 0.3 is 0 Å². The fourth-order valence-corrected chi connectivity index (χ4v) is 2.01. The van der Waals surface area contributed by atoms with Crippen LogP contribution < -0.4 is 0 Å². The SMILES string of the molecule is CC1(C)C2C=CC(=O)C1C=C2. The second kappa shape index (κ2) is 1.84. The van der Waals surface area contributed by atoms with Gasteiger partial charge < -0.3 is 0 Å². The van der Waals surface area contributed by atoms with Crippen molar-refractivity contribution in [2.24, 2.45) is 17.3 Å². The van der Waals surface area contributed by atoms with Gasteiger partial charge in [-0.3, -0.25) is 4.79 Å². The molecule has 11 heavy (non-hydrogen) atoms. The maximum Gasteiger partial charge on any atom is 0.162 e. The van der Waals surface area contributed by atoms with E-state index in [2.05, 4.69) is 19.9 Å². The minimum Gasteiger partial charge on any atom is -0.294 e. The monoisotopic (exact) mass is 148 g/mol. The summed E-state index contributed by atoms with van der Waals surface area (Å²) in [4.78, 5) is 11.3. The summed E-state index contributed by atoms with van der Waals surface area (Å²) in [5.74, 6) is 0.877. The molecule has 0 aromatic rings. The van der Waals surface area contributed by atoms with E-state index in [-0.39, 0.29) is 17.1 Å². The first-order valence-electron chi connectivity index (χ1n) is 4.03. The topological polar surface area (TPSA) is 17.1 Å². The van der Waals surface area contributed by atoms with Crippen molar-refractivity contribution in [3.05, 3.63) is 24.3 Å². The lowest BCUT2D eigenvalue weighted by atomic mass is 9.70. The molecule has 0 saturated carbocycles. The van der Waals surface area contributed by atoms with Crippen molar-refractivity contribution < 1.29 is 4.79 Å². The average molecular weight is 148 g/mol. The molecule has 2 bridgehead atoms. The first-order valence-corrected chi connectivity index (χ1v) is 4.03. The summed E-state index contributed by atoms with van der Waals surface area (Å²) in [6, 6.07) is 0. The fourth-order valence-electron chi connectivity index (χ4n) is 2.01. The number of ketones is 1. The zero-order valence-electron chi connectivity index (χ0n) is 6.87. The molecule has 0 aliphatic heterocycles. The van der Waals surface area contributed by atoms with E-state index in [1.807, 2.05) is 12.2 Å². The molecule has 0 radical (unpaired) electrons. The van der Waals surface area contributed by atoms with Gasteiger partial charge in [0, 0.05) is 11.8 Å². The van der Waals surface area contributed by atoms with Gasteiger partial charge in [-0.15, -0.1) is 0 Å². The van der Waals surface area contributed by atoms with Gasteiger partial charge in [-0.1, -0.05) is 32.1 Å². The highest BCUT2D eigenvalue weighted by Gasteiger charge is 2.43. The summed E-state index contributed by atoms with van der Waals surface area (Å²) in [6.07, 6.45) is 7.93. The highest BCUT2D eigenvalue weighted by Crippen LogP contribution is 2.46. The van der Waals surface area contributed by atoms with E-state index in [1.54, 1.807) is 6.08 Å². The predicted octanol–water partition coefficient (Wildman–Crippen LogP) is 1.95. The van der Waals surface area contributed by atoms with Crippen molar-refractivity contribution >= 4 is 5.78 Å². The molecule has 0 N–H and O–H groups in total. The average Bonchev–Trinajstić information content (AvgIpc) is 2.15. The van der Waals surface area contributed by atoms with Gasteiger partial charge in [0.05, 0.1) is 0 Å². The molecule has 2 aliphatic carbocycles. The number of fused-ring (bicyclic) bond motifs is 2. The molecule has 1 heteroatoms. The standard InChI is InChI=1S/C10H12O/c1-10(2)7-3-5-8(10)9(11)6-4-7/h3-8H,1-2H3. The van der Waals surface area contributed by atoms with Crippen molar-refractivity contribution in [1.29, 1.82) is 0 Å². The van der Waals surface area contributed by atoms with Gasteiger partial charge in [-0.25, -0.2) is 0 Å². The molecule has 0 aromatic carbocycles. The molecule has 2 atom stereocenters. The highest BCUT2D eigenvalue weighted by atomic mass is 16.1. The lowest BCUT2D eigenvalue weighted by Gasteiger charge is -2.33. The Kier molecular flexibility index (Phi) is 1.15. The number of allylic oxidation sites excluding steroid dienone is 4.